The number of nitrogens with zero attached hydrogens (tertiary/aromatic N) is 2. The van der Waals surface area contributed by atoms with Gasteiger partial charge in [-0.25, -0.2) is 4.90 Å². The Morgan fingerprint density at radius 2 is 1.85 bits per heavy atom. The van der Waals surface area contributed by atoms with Crippen LogP contribution in [0.1, 0.15) is 19.3 Å². The summed E-state index contributed by atoms with van der Waals surface area (Å²) >= 11 is 0. The molecule has 2 aliphatic rings. The second-order valence-electron chi connectivity index (χ2n) is 6.47. The van der Waals surface area contributed by atoms with Gasteiger partial charge in [0.15, 0.2) is 0 Å². The van der Waals surface area contributed by atoms with Crippen LogP contribution in [0.5, 0.6) is 11.5 Å². The number of anilines is 1. The summed E-state index contributed by atoms with van der Waals surface area (Å²) in [6, 6.07) is 4.39. The summed E-state index contributed by atoms with van der Waals surface area (Å²) in [7, 11) is 2.99. The quantitative estimate of drug-likeness (QED) is 0.785. The Morgan fingerprint density at radius 3 is 2.42 bits per heavy atom. The molecule has 2 saturated heterocycles. The molecule has 2 amide bonds. The Bertz CT molecular complexity index is 726. The summed E-state index contributed by atoms with van der Waals surface area (Å²) in [6.07, 6.45) is 1.04. The standard InChI is InChI=1S/C18H22N2O6/c1-25-12-3-4-15(26-2)13(9-12)20-16(21)10-14(17(20)22)19-7-5-11(6-8-19)18(23)24/h3-4,9,11,14H,5-8,10H2,1-2H3,(H,23,24). The molecule has 0 spiro atoms. The maximum Gasteiger partial charge on any atom is 0.306 e. The fourth-order valence-electron chi connectivity index (χ4n) is 3.58. The van der Waals surface area contributed by atoms with E-state index in [9.17, 15) is 14.4 Å². The molecular weight excluding hydrogens is 340 g/mol. The van der Waals surface area contributed by atoms with E-state index in [-0.39, 0.29) is 24.2 Å². The number of ether oxygens (including phenoxy) is 2. The van der Waals surface area contributed by atoms with E-state index < -0.39 is 12.0 Å². The van der Waals surface area contributed by atoms with Gasteiger partial charge in [0.25, 0.3) is 5.91 Å². The highest BCUT2D eigenvalue weighted by Crippen LogP contribution is 2.36. The van der Waals surface area contributed by atoms with E-state index in [0.29, 0.717) is 43.1 Å². The van der Waals surface area contributed by atoms with Crippen LogP contribution in [-0.2, 0) is 14.4 Å². The van der Waals surface area contributed by atoms with E-state index in [1.54, 1.807) is 18.2 Å². The first-order valence-corrected chi connectivity index (χ1v) is 8.52. The Labute approximate surface area is 151 Å². The van der Waals surface area contributed by atoms with Crippen molar-refractivity contribution in [1.82, 2.24) is 4.90 Å². The molecule has 26 heavy (non-hydrogen) atoms. The fourth-order valence-corrected chi connectivity index (χ4v) is 3.58. The van der Waals surface area contributed by atoms with E-state index in [1.807, 2.05) is 4.90 Å². The van der Waals surface area contributed by atoms with Crippen molar-refractivity contribution in [3.63, 3.8) is 0 Å². The molecule has 1 N–H and O–H groups in total. The van der Waals surface area contributed by atoms with Gasteiger partial charge in [-0.2, -0.15) is 0 Å². The predicted molar refractivity (Wildman–Crippen MR) is 92.4 cm³/mol. The molecule has 2 aliphatic heterocycles. The van der Waals surface area contributed by atoms with Crippen molar-refractivity contribution < 1.29 is 29.0 Å². The molecule has 8 nitrogen and oxygen atoms in total. The predicted octanol–water partition coefficient (Wildman–Crippen LogP) is 1.13. The number of carbonyl (C=O) groups excluding carboxylic acids is 2. The molecule has 1 aromatic rings. The van der Waals surface area contributed by atoms with Gasteiger partial charge in [0.05, 0.1) is 38.3 Å². The number of methoxy groups -OCH3 is 2. The summed E-state index contributed by atoms with van der Waals surface area (Å²) in [5.41, 5.74) is 0.366. The van der Waals surface area contributed by atoms with E-state index in [4.69, 9.17) is 14.6 Å². The molecule has 0 aliphatic carbocycles. The zero-order chi connectivity index (χ0) is 18.8. The number of rotatable bonds is 5. The third kappa shape index (κ3) is 3.24. The second-order valence-corrected chi connectivity index (χ2v) is 6.47. The van der Waals surface area contributed by atoms with Crippen molar-refractivity contribution in [1.29, 1.82) is 0 Å². The first-order valence-electron chi connectivity index (χ1n) is 8.52. The molecule has 1 unspecified atom stereocenters. The van der Waals surface area contributed by atoms with Crippen LogP contribution in [0.25, 0.3) is 0 Å². The number of hydrogen-bond acceptors (Lipinski definition) is 6. The van der Waals surface area contributed by atoms with Gasteiger partial charge in [0, 0.05) is 6.07 Å². The molecule has 3 rings (SSSR count). The van der Waals surface area contributed by atoms with Crippen molar-refractivity contribution in [2.45, 2.75) is 25.3 Å². The summed E-state index contributed by atoms with van der Waals surface area (Å²) in [5, 5.41) is 9.11. The molecule has 0 bridgehead atoms. The molecule has 1 atom stereocenters. The Balaban J connectivity index is 1.81. The second kappa shape index (κ2) is 7.33. The van der Waals surface area contributed by atoms with Gasteiger partial charge >= 0.3 is 5.97 Å². The van der Waals surface area contributed by atoms with E-state index >= 15 is 0 Å². The highest BCUT2D eigenvalue weighted by Gasteiger charge is 2.44. The lowest BCUT2D eigenvalue weighted by Crippen LogP contribution is -2.46. The van der Waals surface area contributed by atoms with Gasteiger partial charge in [0.2, 0.25) is 5.91 Å². The van der Waals surface area contributed by atoms with Crippen LogP contribution >= 0.6 is 0 Å². The lowest BCUT2D eigenvalue weighted by molar-refractivity contribution is -0.143. The number of aliphatic carboxylic acids is 1. The number of amides is 2. The minimum atomic E-state index is -0.804. The normalized spacial score (nSPS) is 21.9. The van der Waals surface area contributed by atoms with Gasteiger partial charge in [-0.05, 0) is 38.1 Å². The van der Waals surface area contributed by atoms with Crippen LogP contribution < -0.4 is 14.4 Å². The van der Waals surface area contributed by atoms with Crippen LogP contribution in [0, 0.1) is 5.92 Å². The largest absolute Gasteiger partial charge is 0.497 e. The summed E-state index contributed by atoms with van der Waals surface area (Å²) in [6.45, 7) is 0.980. The fraction of sp³-hybridized carbons (Fsp3) is 0.500. The maximum absolute atomic E-state index is 12.9. The number of piperidine rings is 1. The Kier molecular flexibility index (Phi) is 5.13. The van der Waals surface area contributed by atoms with E-state index in [2.05, 4.69) is 0 Å². The summed E-state index contributed by atoms with van der Waals surface area (Å²) in [5.74, 6) is -0.860. The SMILES string of the molecule is COc1ccc(OC)c(N2C(=O)CC(N3CCC(C(=O)O)CC3)C2=O)c1. The first kappa shape index (κ1) is 18.2. The lowest BCUT2D eigenvalue weighted by atomic mass is 9.96. The van der Waals surface area contributed by atoms with Gasteiger partial charge in [-0.15, -0.1) is 0 Å². The van der Waals surface area contributed by atoms with Crippen molar-refractivity contribution in [2.24, 2.45) is 5.92 Å². The van der Waals surface area contributed by atoms with E-state index in [0.717, 1.165) is 4.90 Å². The van der Waals surface area contributed by atoms with Crippen LogP contribution in [0.15, 0.2) is 18.2 Å². The smallest absolute Gasteiger partial charge is 0.306 e. The topological polar surface area (TPSA) is 96.4 Å². The summed E-state index contributed by atoms with van der Waals surface area (Å²) in [4.78, 5) is 39.7. The van der Waals surface area contributed by atoms with Crippen molar-refractivity contribution in [2.75, 3.05) is 32.2 Å². The van der Waals surface area contributed by atoms with Crippen LogP contribution in [-0.4, -0.2) is 61.1 Å². The average molecular weight is 362 g/mol. The molecular formula is C18H22N2O6. The maximum atomic E-state index is 12.9. The van der Waals surface area contributed by atoms with E-state index in [1.165, 1.54) is 14.2 Å². The van der Waals surface area contributed by atoms with Crippen LogP contribution in [0.2, 0.25) is 0 Å². The third-order valence-corrected chi connectivity index (χ3v) is 5.07. The monoisotopic (exact) mass is 362 g/mol. The third-order valence-electron chi connectivity index (χ3n) is 5.07. The van der Waals surface area contributed by atoms with Crippen molar-refractivity contribution >= 4 is 23.5 Å². The molecule has 2 fully saturated rings. The molecule has 0 saturated carbocycles. The lowest BCUT2D eigenvalue weighted by Gasteiger charge is -2.33. The highest BCUT2D eigenvalue weighted by molar-refractivity contribution is 6.23. The van der Waals surface area contributed by atoms with Gasteiger partial charge < -0.3 is 14.6 Å². The first-order chi connectivity index (χ1) is 12.5. The number of likely N-dealkylation sites (tertiary alicyclic amines) is 1. The van der Waals surface area contributed by atoms with Crippen LogP contribution in [0.3, 0.4) is 0 Å². The molecule has 2 heterocycles. The van der Waals surface area contributed by atoms with Gasteiger partial charge in [-0.1, -0.05) is 0 Å². The number of benzene rings is 1. The zero-order valence-corrected chi connectivity index (χ0v) is 14.8. The van der Waals surface area contributed by atoms with Crippen molar-refractivity contribution in [3.8, 4) is 11.5 Å². The highest BCUT2D eigenvalue weighted by atomic mass is 16.5. The molecule has 0 aromatic heterocycles. The number of hydrogen-bond donors (Lipinski definition) is 1. The van der Waals surface area contributed by atoms with Gasteiger partial charge in [-0.3, -0.25) is 19.3 Å². The molecule has 8 heteroatoms. The molecule has 1 aromatic carbocycles. The number of imide groups is 1. The number of carbonyl (C=O) groups is 3. The molecule has 0 radical (unpaired) electrons. The minimum absolute atomic E-state index is 0.0803. The Hall–Kier alpha value is -2.61. The Morgan fingerprint density at radius 1 is 1.15 bits per heavy atom. The van der Waals surface area contributed by atoms with Gasteiger partial charge in [0.1, 0.15) is 11.5 Å². The average Bonchev–Trinajstić information content (AvgIpc) is 2.95. The molecule has 140 valence electrons. The minimum Gasteiger partial charge on any atom is -0.497 e. The van der Waals surface area contributed by atoms with Crippen LogP contribution in [0.4, 0.5) is 5.69 Å². The summed E-state index contributed by atoms with van der Waals surface area (Å²) < 4.78 is 10.5. The number of carboxylic acid groups (broad SMARTS) is 1. The zero-order valence-electron chi connectivity index (χ0n) is 14.8. The number of carboxylic acids is 1. The van der Waals surface area contributed by atoms with Crippen molar-refractivity contribution in [3.05, 3.63) is 18.2 Å².